The lowest BCUT2D eigenvalue weighted by Gasteiger charge is -2.18. The van der Waals surface area contributed by atoms with Gasteiger partial charge in [-0.25, -0.2) is 8.42 Å². The van der Waals surface area contributed by atoms with Crippen molar-refractivity contribution < 1.29 is 8.42 Å². The number of hydrogen-bond donors (Lipinski definition) is 1. The third kappa shape index (κ3) is 3.08. The molecule has 1 aromatic heterocycles. The Labute approximate surface area is 125 Å². The predicted molar refractivity (Wildman–Crippen MR) is 81.3 cm³/mol. The standard InChI is InChI=1S/C14H22N2O2S2/c1-14(2)7-8-16(10-14)20(17,18)13-6-5-12(19-13)9-15-11-3-4-11/h5-6,11,15H,3-4,7-10H2,1-2H3. The minimum Gasteiger partial charge on any atom is -0.309 e. The first-order valence-corrected chi connectivity index (χ1v) is 9.45. The molecule has 0 bridgehead atoms. The SMILES string of the molecule is CC1(C)CCN(S(=O)(=O)c2ccc(CNC3CC3)s2)C1. The summed E-state index contributed by atoms with van der Waals surface area (Å²) in [7, 11) is -3.29. The van der Waals surface area contributed by atoms with Gasteiger partial charge in [0.15, 0.2) is 0 Å². The molecule has 2 fully saturated rings. The molecule has 1 N–H and O–H groups in total. The topological polar surface area (TPSA) is 49.4 Å². The van der Waals surface area contributed by atoms with Gasteiger partial charge >= 0.3 is 0 Å². The molecule has 1 aliphatic heterocycles. The quantitative estimate of drug-likeness (QED) is 0.908. The van der Waals surface area contributed by atoms with E-state index in [0.717, 1.165) is 17.8 Å². The van der Waals surface area contributed by atoms with E-state index in [1.165, 1.54) is 24.2 Å². The molecule has 0 radical (unpaired) electrons. The Kier molecular flexibility index (Phi) is 3.69. The number of thiophene rings is 1. The van der Waals surface area contributed by atoms with Gasteiger partial charge in [-0.1, -0.05) is 13.8 Å². The second kappa shape index (κ2) is 5.09. The van der Waals surface area contributed by atoms with E-state index in [1.807, 2.05) is 6.07 Å². The molecular formula is C14H22N2O2S2. The van der Waals surface area contributed by atoms with Crippen molar-refractivity contribution in [1.82, 2.24) is 9.62 Å². The molecule has 2 heterocycles. The van der Waals surface area contributed by atoms with Crippen LogP contribution in [0, 0.1) is 5.41 Å². The molecule has 1 aromatic rings. The van der Waals surface area contributed by atoms with Crippen molar-refractivity contribution in [3.63, 3.8) is 0 Å². The summed E-state index contributed by atoms with van der Waals surface area (Å²) in [5.41, 5.74) is 0.0979. The van der Waals surface area contributed by atoms with Gasteiger partial charge in [0.2, 0.25) is 0 Å². The van der Waals surface area contributed by atoms with Crippen LogP contribution in [0.3, 0.4) is 0 Å². The van der Waals surface area contributed by atoms with Crippen molar-refractivity contribution in [2.45, 2.75) is 49.9 Å². The number of sulfonamides is 1. The van der Waals surface area contributed by atoms with E-state index in [0.29, 0.717) is 23.3 Å². The highest BCUT2D eigenvalue weighted by Gasteiger charge is 2.37. The van der Waals surface area contributed by atoms with E-state index in [9.17, 15) is 8.42 Å². The van der Waals surface area contributed by atoms with E-state index in [1.54, 1.807) is 10.4 Å². The summed E-state index contributed by atoms with van der Waals surface area (Å²) in [6, 6.07) is 4.35. The lowest BCUT2D eigenvalue weighted by Crippen LogP contribution is -2.29. The Balaban J connectivity index is 1.70. The van der Waals surface area contributed by atoms with Crippen LogP contribution in [-0.4, -0.2) is 31.9 Å². The minimum absolute atomic E-state index is 0.0979. The Morgan fingerprint density at radius 3 is 2.75 bits per heavy atom. The van der Waals surface area contributed by atoms with Gasteiger partial charge in [-0.15, -0.1) is 11.3 Å². The number of nitrogens with one attached hydrogen (secondary N) is 1. The predicted octanol–water partition coefficient (Wildman–Crippen LogP) is 2.42. The van der Waals surface area contributed by atoms with Crippen LogP contribution in [0.25, 0.3) is 0 Å². The first-order chi connectivity index (χ1) is 9.37. The normalized spacial score (nSPS) is 23.3. The summed E-state index contributed by atoms with van der Waals surface area (Å²) in [6.07, 6.45) is 3.44. The highest BCUT2D eigenvalue weighted by atomic mass is 32.2. The first-order valence-electron chi connectivity index (χ1n) is 7.19. The van der Waals surface area contributed by atoms with Gasteiger partial charge in [0.05, 0.1) is 0 Å². The molecule has 0 aromatic carbocycles. The van der Waals surface area contributed by atoms with Gasteiger partial charge in [0.1, 0.15) is 4.21 Å². The summed E-state index contributed by atoms with van der Waals surface area (Å²) in [4.78, 5) is 1.11. The largest absolute Gasteiger partial charge is 0.309 e. The summed E-state index contributed by atoms with van der Waals surface area (Å²) >= 11 is 1.40. The number of rotatable bonds is 5. The van der Waals surface area contributed by atoms with Gasteiger partial charge in [-0.05, 0) is 36.8 Å². The zero-order valence-electron chi connectivity index (χ0n) is 12.1. The molecule has 0 unspecified atom stereocenters. The number of hydrogen-bond acceptors (Lipinski definition) is 4. The zero-order valence-corrected chi connectivity index (χ0v) is 13.7. The van der Waals surface area contributed by atoms with E-state index in [4.69, 9.17) is 0 Å². The van der Waals surface area contributed by atoms with Crippen molar-refractivity contribution in [2.75, 3.05) is 13.1 Å². The third-order valence-corrected chi connectivity index (χ3v) is 7.41. The molecule has 1 saturated carbocycles. The van der Waals surface area contributed by atoms with Crippen LogP contribution in [-0.2, 0) is 16.6 Å². The molecule has 4 nitrogen and oxygen atoms in total. The van der Waals surface area contributed by atoms with Crippen LogP contribution in [0.4, 0.5) is 0 Å². The molecule has 1 saturated heterocycles. The molecular weight excluding hydrogens is 292 g/mol. The lowest BCUT2D eigenvalue weighted by atomic mass is 9.93. The fourth-order valence-electron chi connectivity index (χ4n) is 2.52. The summed E-state index contributed by atoms with van der Waals surface area (Å²) in [5, 5.41) is 3.42. The second-order valence-corrected chi connectivity index (χ2v) is 9.96. The molecule has 112 valence electrons. The molecule has 0 amide bonds. The Morgan fingerprint density at radius 2 is 2.15 bits per heavy atom. The van der Waals surface area contributed by atoms with Gasteiger partial charge in [0.25, 0.3) is 10.0 Å². The second-order valence-electron chi connectivity index (χ2n) is 6.63. The van der Waals surface area contributed by atoms with E-state index >= 15 is 0 Å². The average molecular weight is 314 g/mol. The fourth-order valence-corrected chi connectivity index (χ4v) is 5.61. The first kappa shape index (κ1) is 14.5. The van der Waals surface area contributed by atoms with Crippen molar-refractivity contribution in [2.24, 2.45) is 5.41 Å². The Hall–Kier alpha value is -0.430. The molecule has 3 rings (SSSR count). The van der Waals surface area contributed by atoms with Crippen LogP contribution in [0.2, 0.25) is 0 Å². The maximum absolute atomic E-state index is 12.6. The van der Waals surface area contributed by atoms with Gasteiger partial charge in [-0.3, -0.25) is 0 Å². The molecule has 1 aliphatic carbocycles. The van der Waals surface area contributed by atoms with Gasteiger partial charge < -0.3 is 5.32 Å². The molecule has 20 heavy (non-hydrogen) atoms. The Morgan fingerprint density at radius 1 is 1.40 bits per heavy atom. The van der Waals surface area contributed by atoms with Crippen LogP contribution in [0.5, 0.6) is 0 Å². The third-order valence-electron chi connectivity index (χ3n) is 4.02. The van der Waals surface area contributed by atoms with E-state index in [-0.39, 0.29) is 5.41 Å². The highest BCUT2D eigenvalue weighted by molar-refractivity contribution is 7.91. The summed E-state index contributed by atoms with van der Waals surface area (Å²) in [6.45, 7) is 6.31. The Bertz CT molecular complexity index is 588. The van der Waals surface area contributed by atoms with Crippen molar-refractivity contribution in [3.05, 3.63) is 17.0 Å². The smallest absolute Gasteiger partial charge is 0.252 e. The minimum atomic E-state index is -3.29. The summed E-state index contributed by atoms with van der Waals surface area (Å²) < 4.78 is 27.3. The molecule has 0 spiro atoms. The maximum atomic E-state index is 12.6. The zero-order chi connectivity index (χ0) is 14.4. The van der Waals surface area contributed by atoms with Gasteiger partial charge in [0, 0.05) is 30.6 Å². The van der Waals surface area contributed by atoms with E-state index < -0.39 is 10.0 Å². The molecule has 6 heteroatoms. The van der Waals surface area contributed by atoms with E-state index in [2.05, 4.69) is 19.2 Å². The van der Waals surface area contributed by atoms with Crippen molar-refractivity contribution >= 4 is 21.4 Å². The van der Waals surface area contributed by atoms with Crippen LogP contribution < -0.4 is 5.32 Å². The molecule has 0 atom stereocenters. The lowest BCUT2D eigenvalue weighted by molar-refractivity contribution is 0.376. The fraction of sp³-hybridized carbons (Fsp3) is 0.714. The maximum Gasteiger partial charge on any atom is 0.252 e. The van der Waals surface area contributed by atoms with Crippen LogP contribution in [0.15, 0.2) is 16.3 Å². The number of nitrogens with zero attached hydrogens (tertiary/aromatic N) is 1. The van der Waals surface area contributed by atoms with Crippen molar-refractivity contribution in [1.29, 1.82) is 0 Å². The molecule has 2 aliphatic rings. The van der Waals surface area contributed by atoms with Gasteiger partial charge in [-0.2, -0.15) is 4.31 Å². The van der Waals surface area contributed by atoms with Crippen molar-refractivity contribution in [3.8, 4) is 0 Å². The average Bonchev–Trinajstić information content (AvgIpc) is 2.93. The van der Waals surface area contributed by atoms with Crippen LogP contribution in [0.1, 0.15) is 38.0 Å². The van der Waals surface area contributed by atoms with Crippen LogP contribution >= 0.6 is 11.3 Å². The monoisotopic (exact) mass is 314 g/mol. The highest BCUT2D eigenvalue weighted by Crippen LogP contribution is 2.34. The summed E-state index contributed by atoms with van der Waals surface area (Å²) in [5.74, 6) is 0.